The number of rotatable bonds is 6. The first kappa shape index (κ1) is 11.9. The van der Waals surface area contributed by atoms with Crippen molar-refractivity contribution in [3.8, 4) is 0 Å². The minimum absolute atomic E-state index is 0.0636. The van der Waals surface area contributed by atoms with Crippen molar-refractivity contribution in [2.75, 3.05) is 13.7 Å². The summed E-state index contributed by atoms with van der Waals surface area (Å²) in [6.45, 7) is 4.17. The van der Waals surface area contributed by atoms with Crippen LogP contribution < -0.4 is 5.32 Å². The van der Waals surface area contributed by atoms with Crippen LogP contribution in [0.1, 0.15) is 26.7 Å². The van der Waals surface area contributed by atoms with Crippen LogP contribution in [0.15, 0.2) is 0 Å². The summed E-state index contributed by atoms with van der Waals surface area (Å²) >= 11 is 0. The van der Waals surface area contributed by atoms with Crippen LogP contribution >= 0.6 is 0 Å². The van der Waals surface area contributed by atoms with Gasteiger partial charge >= 0.3 is 0 Å². The highest BCUT2D eigenvalue weighted by Crippen LogP contribution is 2.15. The van der Waals surface area contributed by atoms with Crippen molar-refractivity contribution in [3.63, 3.8) is 0 Å². The lowest BCUT2D eigenvalue weighted by molar-refractivity contribution is 0.0622. The Bertz CT molecular complexity index is 109. The molecule has 0 spiro atoms. The smallest absolute Gasteiger partial charge is 0.0604 e. The van der Waals surface area contributed by atoms with E-state index >= 15 is 0 Å². The SMILES string of the molecule is CCC(C(O)CCO)C(C)NC. The summed E-state index contributed by atoms with van der Waals surface area (Å²) in [6, 6.07) is 0.302. The molecule has 0 amide bonds. The van der Waals surface area contributed by atoms with Gasteiger partial charge in [-0.3, -0.25) is 0 Å². The highest BCUT2D eigenvalue weighted by atomic mass is 16.3. The first-order valence-corrected chi connectivity index (χ1v) is 4.63. The zero-order valence-electron chi connectivity index (χ0n) is 8.25. The van der Waals surface area contributed by atoms with E-state index in [0.29, 0.717) is 12.5 Å². The van der Waals surface area contributed by atoms with Gasteiger partial charge in [0, 0.05) is 12.6 Å². The van der Waals surface area contributed by atoms with Crippen molar-refractivity contribution in [2.24, 2.45) is 5.92 Å². The summed E-state index contributed by atoms with van der Waals surface area (Å²) in [4.78, 5) is 0. The first-order valence-electron chi connectivity index (χ1n) is 4.63. The van der Waals surface area contributed by atoms with Crippen LogP contribution in [0, 0.1) is 5.92 Å². The van der Waals surface area contributed by atoms with Gasteiger partial charge in [0.15, 0.2) is 0 Å². The summed E-state index contributed by atoms with van der Waals surface area (Å²) in [7, 11) is 1.89. The molecule has 0 aliphatic rings. The average Bonchev–Trinajstić information content (AvgIpc) is 2.06. The van der Waals surface area contributed by atoms with Gasteiger partial charge in [0.1, 0.15) is 0 Å². The molecule has 0 aromatic heterocycles. The number of nitrogens with one attached hydrogen (secondary N) is 1. The topological polar surface area (TPSA) is 52.5 Å². The minimum Gasteiger partial charge on any atom is -0.396 e. The quantitative estimate of drug-likeness (QED) is 0.546. The van der Waals surface area contributed by atoms with Crippen molar-refractivity contribution < 1.29 is 10.2 Å². The second-order valence-electron chi connectivity index (χ2n) is 3.23. The Kier molecular flexibility index (Phi) is 6.34. The zero-order valence-corrected chi connectivity index (χ0v) is 8.25. The standard InChI is InChI=1S/C9H21NO2/c1-4-8(7(2)10-3)9(12)5-6-11/h7-12H,4-6H2,1-3H3. The molecule has 0 aliphatic carbocycles. The van der Waals surface area contributed by atoms with Crippen LogP contribution in [0.4, 0.5) is 0 Å². The Hall–Kier alpha value is -0.120. The molecule has 0 radical (unpaired) electrons. The van der Waals surface area contributed by atoms with Crippen LogP contribution in [0.2, 0.25) is 0 Å². The molecule has 0 aromatic rings. The molecule has 0 heterocycles. The van der Waals surface area contributed by atoms with E-state index in [1.165, 1.54) is 0 Å². The lowest BCUT2D eigenvalue weighted by Gasteiger charge is -2.26. The second-order valence-corrected chi connectivity index (χ2v) is 3.23. The van der Waals surface area contributed by atoms with E-state index in [4.69, 9.17) is 5.11 Å². The summed E-state index contributed by atoms with van der Waals surface area (Å²) < 4.78 is 0. The molecule has 0 bridgehead atoms. The van der Waals surface area contributed by atoms with Crippen molar-refractivity contribution >= 4 is 0 Å². The molecule has 0 rings (SSSR count). The summed E-state index contributed by atoms with van der Waals surface area (Å²) in [5, 5.41) is 21.4. The van der Waals surface area contributed by atoms with E-state index in [1.807, 2.05) is 7.05 Å². The van der Waals surface area contributed by atoms with Gasteiger partial charge in [0.05, 0.1) is 6.10 Å². The molecule has 3 N–H and O–H groups in total. The molecule has 0 aliphatic heterocycles. The predicted molar refractivity (Wildman–Crippen MR) is 50.0 cm³/mol. The van der Waals surface area contributed by atoms with Gasteiger partial charge < -0.3 is 15.5 Å². The molecule has 0 saturated heterocycles. The van der Waals surface area contributed by atoms with Crippen molar-refractivity contribution in [3.05, 3.63) is 0 Å². The predicted octanol–water partition coefficient (Wildman–Crippen LogP) is 0.364. The second kappa shape index (κ2) is 6.40. The van der Waals surface area contributed by atoms with Gasteiger partial charge in [-0.05, 0) is 32.7 Å². The van der Waals surface area contributed by atoms with Gasteiger partial charge in [-0.25, -0.2) is 0 Å². The van der Waals surface area contributed by atoms with Gasteiger partial charge in [0.25, 0.3) is 0 Å². The number of hydrogen-bond donors (Lipinski definition) is 3. The lowest BCUT2D eigenvalue weighted by atomic mass is 9.90. The fraction of sp³-hybridized carbons (Fsp3) is 1.00. The molecular weight excluding hydrogens is 154 g/mol. The fourth-order valence-electron chi connectivity index (χ4n) is 1.52. The van der Waals surface area contributed by atoms with E-state index in [2.05, 4.69) is 19.2 Å². The number of aliphatic hydroxyl groups is 2. The van der Waals surface area contributed by atoms with Crippen LogP contribution in [0.3, 0.4) is 0 Å². The van der Waals surface area contributed by atoms with Crippen LogP contribution in [0.5, 0.6) is 0 Å². The van der Waals surface area contributed by atoms with E-state index in [1.54, 1.807) is 0 Å². The Morgan fingerprint density at radius 1 is 1.42 bits per heavy atom. The lowest BCUT2D eigenvalue weighted by Crippen LogP contribution is -2.38. The van der Waals surface area contributed by atoms with Gasteiger partial charge in [-0.15, -0.1) is 0 Å². The maximum Gasteiger partial charge on any atom is 0.0604 e. The third-order valence-corrected chi connectivity index (χ3v) is 2.49. The van der Waals surface area contributed by atoms with Gasteiger partial charge in [-0.2, -0.15) is 0 Å². The molecule has 74 valence electrons. The van der Waals surface area contributed by atoms with E-state index < -0.39 is 0 Å². The zero-order chi connectivity index (χ0) is 9.56. The highest BCUT2D eigenvalue weighted by Gasteiger charge is 2.21. The monoisotopic (exact) mass is 175 g/mol. The van der Waals surface area contributed by atoms with E-state index in [0.717, 1.165) is 6.42 Å². The molecule has 3 heteroatoms. The van der Waals surface area contributed by atoms with Crippen molar-refractivity contribution in [1.29, 1.82) is 0 Å². The first-order chi connectivity index (χ1) is 5.67. The Morgan fingerprint density at radius 2 is 2.00 bits per heavy atom. The fourth-order valence-corrected chi connectivity index (χ4v) is 1.52. The van der Waals surface area contributed by atoms with Crippen molar-refractivity contribution in [1.82, 2.24) is 5.32 Å². The van der Waals surface area contributed by atoms with E-state index in [9.17, 15) is 5.11 Å². The van der Waals surface area contributed by atoms with Crippen LogP contribution in [0.25, 0.3) is 0 Å². The van der Waals surface area contributed by atoms with E-state index in [-0.39, 0.29) is 18.6 Å². The summed E-state index contributed by atoms with van der Waals surface area (Å²) in [5.41, 5.74) is 0. The third kappa shape index (κ3) is 3.52. The molecule has 0 saturated carbocycles. The number of hydrogen-bond acceptors (Lipinski definition) is 3. The average molecular weight is 175 g/mol. The normalized spacial score (nSPS) is 18.8. The third-order valence-electron chi connectivity index (χ3n) is 2.49. The van der Waals surface area contributed by atoms with Gasteiger partial charge in [0.2, 0.25) is 0 Å². The van der Waals surface area contributed by atoms with Gasteiger partial charge in [-0.1, -0.05) is 6.92 Å². The molecular formula is C9H21NO2. The molecule has 0 aromatic carbocycles. The van der Waals surface area contributed by atoms with Crippen LogP contribution in [-0.4, -0.2) is 36.0 Å². The molecule has 3 nitrogen and oxygen atoms in total. The molecule has 3 unspecified atom stereocenters. The Balaban J connectivity index is 3.94. The maximum atomic E-state index is 9.61. The highest BCUT2D eigenvalue weighted by molar-refractivity contribution is 4.76. The maximum absolute atomic E-state index is 9.61. The van der Waals surface area contributed by atoms with Crippen molar-refractivity contribution in [2.45, 2.75) is 38.8 Å². The number of aliphatic hydroxyl groups excluding tert-OH is 2. The Labute approximate surface area is 74.8 Å². The summed E-state index contributed by atoms with van der Waals surface area (Å²) in [5.74, 6) is 0.238. The molecule has 12 heavy (non-hydrogen) atoms. The minimum atomic E-state index is -0.387. The largest absolute Gasteiger partial charge is 0.396 e. The summed E-state index contributed by atoms with van der Waals surface area (Å²) in [6.07, 6.45) is 1.02. The Morgan fingerprint density at radius 3 is 2.33 bits per heavy atom. The van der Waals surface area contributed by atoms with Crippen LogP contribution in [-0.2, 0) is 0 Å². The molecule has 0 fully saturated rings. The molecule has 3 atom stereocenters.